The Labute approximate surface area is 204 Å². The summed E-state index contributed by atoms with van der Waals surface area (Å²) in [5, 5.41) is 3.72. The molecule has 1 heterocycles. The van der Waals surface area contributed by atoms with Gasteiger partial charge in [-0.1, -0.05) is 32.9 Å². The highest BCUT2D eigenvalue weighted by molar-refractivity contribution is 6.11. The zero-order valence-corrected chi connectivity index (χ0v) is 20.8. The molecule has 0 aliphatic heterocycles. The van der Waals surface area contributed by atoms with Crippen molar-refractivity contribution in [1.82, 2.24) is 0 Å². The van der Waals surface area contributed by atoms with E-state index in [0.717, 1.165) is 16.5 Å². The molecule has 0 saturated carbocycles. The molecule has 1 aromatic heterocycles. The van der Waals surface area contributed by atoms with E-state index in [-0.39, 0.29) is 22.9 Å². The van der Waals surface area contributed by atoms with E-state index in [0.29, 0.717) is 33.9 Å². The molecule has 0 unspecified atom stereocenters. The number of fused-ring (bicyclic) bond motifs is 1. The lowest BCUT2D eigenvalue weighted by atomic mass is 9.87. The summed E-state index contributed by atoms with van der Waals surface area (Å²) >= 11 is 0. The van der Waals surface area contributed by atoms with Crippen LogP contribution in [0.1, 0.15) is 58.4 Å². The van der Waals surface area contributed by atoms with Crippen molar-refractivity contribution in [3.05, 3.63) is 88.7 Å². The zero-order chi connectivity index (χ0) is 25.3. The first-order chi connectivity index (χ1) is 16.6. The molecule has 4 aromatic rings. The predicted octanol–water partition coefficient (Wildman–Crippen LogP) is 6.54. The van der Waals surface area contributed by atoms with Crippen LogP contribution in [0, 0.1) is 6.92 Å². The Morgan fingerprint density at radius 3 is 2.11 bits per heavy atom. The molecule has 6 heteroatoms. The highest BCUT2D eigenvalue weighted by atomic mass is 16.5. The topological polar surface area (TPSA) is 77.8 Å². The van der Waals surface area contributed by atoms with Crippen LogP contribution in [0.15, 0.2) is 65.1 Å². The van der Waals surface area contributed by atoms with Gasteiger partial charge in [-0.3, -0.25) is 9.59 Å². The largest absolute Gasteiger partial charge is 0.493 e. The summed E-state index contributed by atoms with van der Waals surface area (Å²) in [6.07, 6.45) is 0. The number of carbonyl (C=O) groups is 2. The minimum absolute atomic E-state index is 0.0171. The molecule has 1 N–H and O–H groups in total. The van der Waals surface area contributed by atoms with Gasteiger partial charge in [-0.25, -0.2) is 0 Å². The van der Waals surface area contributed by atoms with Gasteiger partial charge in [0.05, 0.1) is 14.2 Å². The SMILES string of the molecule is COc1ccc(C(=O)c2oc3cc(NC(=O)c4ccc(C(C)(C)C)cc4)ccc3c2C)cc1OC. The number of methoxy groups -OCH3 is 2. The van der Waals surface area contributed by atoms with Crippen LogP contribution < -0.4 is 14.8 Å². The fourth-order valence-electron chi connectivity index (χ4n) is 3.95. The number of nitrogens with one attached hydrogen (secondary N) is 1. The molecule has 0 aliphatic carbocycles. The van der Waals surface area contributed by atoms with Crippen molar-refractivity contribution in [2.75, 3.05) is 19.5 Å². The van der Waals surface area contributed by atoms with Gasteiger partial charge in [0.2, 0.25) is 5.78 Å². The van der Waals surface area contributed by atoms with Gasteiger partial charge < -0.3 is 19.2 Å². The normalized spacial score (nSPS) is 11.4. The molecule has 3 aromatic carbocycles. The maximum atomic E-state index is 13.2. The molecule has 6 nitrogen and oxygen atoms in total. The second-order valence-electron chi connectivity index (χ2n) is 9.45. The Hall–Kier alpha value is -4.06. The number of ketones is 1. The number of aryl methyl sites for hydroxylation is 1. The smallest absolute Gasteiger partial charge is 0.255 e. The third kappa shape index (κ3) is 4.78. The second kappa shape index (κ2) is 9.29. The van der Waals surface area contributed by atoms with E-state index >= 15 is 0 Å². The minimum Gasteiger partial charge on any atom is -0.493 e. The molecular weight excluding hydrogens is 442 g/mol. The van der Waals surface area contributed by atoms with Crippen LogP contribution in [-0.2, 0) is 5.41 Å². The quantitative estimate of drug-likeness (QED) is 0.323. The molecule has 0 bridgehead atoms. The van der Waals surface area contributed by atoms with E-state index < -0.39 is 0 Å². The van der Waals surface area contributed by atoms with E-state index in [4.69, 9.17) is 13.9 Å². The van der Waals surface area contributed by atoms with Gasteiger partial charge in [0.1, 0.15) is 5.58 Å². The summed E-state index contributed by atoms with van der Waals surface area (Å²) in [4.78, 5) is 26.0. The molecular formula is C29H29NO5. The number of amides is 1. The molecule has 0 atom stereocenters. The van der Waals surface area contributed by atoms with Gasteiger partial charge in [-0.15, -0.1) is 0 Å². The summed E-state index contributed by atoms with van der Waals surface area (Å²) in [6, 6.07) is 18.0. The number of hydrogen-bond donors (Lipinski definition) is 1. The predicted molar refractivity (Wildman–Crippen MR) is 137 cm³/mol. The van der Waals surface area contributed by atoms with Crippen molar-refractivity contribution in [2.45, 2.75) is 33.1 Å². The third-order valence-electron chi connectivity index (χ3n) is 6.06. The van der Waals surface area contributed by atoms with Crippen LogP contribution in [0.3, 0.4) is 0 Å². The first-order valence-corrected chi connectivity index (χ1v) is 11.3. The lowest BCUT2D eigenvalue weighted by Gasteiger charge is -2.19. The van der Waals surface area contributed by atoms with Crippen molar-refractivity contribution >= 4 is 28.3 Å². The number of anilines is 1. The van der Waals surface area contributed by atoms with Crippen LogP contribution in [0.4, 0.5) is 5.69 Å². The minimum atomic E-state index is -0.260. The van der Waals surface area contributed by atoms with Crippen LogP contribution in [0.25, 0.3) is 11.0 Å². The Bertz CT molecular complexity index is 1410. The maximum Gasteiger partial charge on any atom is 0.255 e. The average Bonchev–Trinajstić information content (AvgIpc) is 3.18. The Morgan fingerprint density at radius 1 is 0.829 bits per heavy atom. The lowest BCUT2D eigenvalue weighted by molar-refractivity contribution is 0.101. The number of furan rings is 1. The number of rotatable bonds is 6. The fourth-order valence-corrected chi connectivity index (χ4v) is 3.95. The van der Waals surface area contributed by atoms with Crippen LogP contribution in [-0.4, -0.2) is 25.9 Å². The van der Waals surface area contributed by atoms with E-state index in [9.17, 15) is 9.59 Å². The summed E-state index contributed by atoms with van der Waals surface area (Å²) in [5.74, 6) is 0.777. The Balaban J connectivity index is 1.59. The van der Waals surface area contributed by atoms with Crippen molar-refractivity contribution in [2.24, 2.45) is 0 Å². The van der Waals surface area contributed by atoms with Crippen molar-refractivity contribution in [1.29, 1.82) is 0 Å². The van der Waals surface area contributed by atoms with Gasteiger partial charge in [0.15, 0.2) is 17.3 Å². The molecule has 0 radical (unpaired) electrons. The first-order valence-electron chi connectivity index (χ1n) is 11.3. The zero-order valence-electron chi connectivity index (χ0n) is 20.8. The first kappa shape index (κ1) is 24.1. The molecule has 0 aliphatic rings. The summed E-state index contributed by atoms with van der Waals surface area (Å²) in [6.45, 7) is 8.24. The van der Waals surface area contributed by atoms with Gasteiger partial charge in [0.25, 0.3) is 5.91 Å². The fraction of sp³-hybridized carbons (Fsp3) is 0.241. The van der Waals surface area contributed by atoms with Crippen molar-refractivity contribution < 1.29 is 23.5 Å². The monoisotopic (exact) mass is 471 g/mol. The van der Waals surface area contributed by atoms with Crippen molar-refractivity contribution in [3.8, 4) is 11.5 Å². The Morgan fingerprint density at radius 2 is 1.49 bits per heavy atom. The molecule has 35 heavy (non-hydrogen) atoms. The Kier molecular flexibility index (Phi) is 6.39. The van der Waals surface area contributed by atoms with E-state index in [1.165, 1.54) is 7.11 Å². The van der Waals surface area contributed by atoms with E-state index in [1.807, 2.05) is 37.3 Å². The number of benzene rings is 3. The molecule has 1 amide bonds. The summed E-state index contributed by atoms with van der Waals surface area (Å²) in [5.41, 5.74) is 4.01. The standard InChI is InChI=1S/C29H29NO5/c1-17-22-13-12-21(30-28(32)18-7-10-20(11-8-18)29(2,3)4)16-24(22)35-27(17)26(31)19-9-14-23(33-5)25(15-19)34-6/h7-16H,1-6H3,(H,30,32). The van der Waals surface area contributed by atoms with Crippen LogP contribution in [0.5, 0.6) is 11.5 Å². The van der Waals surface area contributed by atoms with Gasteiger partial charge >= 0.3 is 0 Å². The number of carbonyl (C=O) groups excluding carboxylic acids is 2. The van der Waals surface area contributed by atoms with E-state index in [2.05, 4.69) is 26.1 Å². The van der Waals surface area contributed by atoms with Gasteiger partial charge in [-0.05, 0) is 60.4 Å². The molecule has 4 rings (SSSR count). The average molecular weight is 472 g/mol. The molecule has 0 fully saturated rings. The summed E-state index contributed by atoms with van der Waals surface area (Å²) < 4.78 is 16.5. The van der Waals surface area contributed by atoms with Crippen molar-refractivity contribution in [3.63, 3.8) is 0 Å². The van der Waals surface area contributed by atoms with Gasteiger partial charge in [0, 0.05) is 33.8 Å². The van der Waals surface area contributed by atoms with Crippen LogP contribution >= 0.6 is 0 Å². The second-order valence-corrected chi connectivity index (χ2v) is 9.45. The lowest BCUT2D eigenvalue weighted by Crippen LogP contribution is -2.14. The number of hydrogen-bond acceptors (Lipinski definition) is 5. The van der Waals surface area contributed by atoms with Crippen LogP contribution in [0.2, 0.25) is 0 Å². The van der Waals surface area contributed by atoms with Gasteiger partial charge in [-0.2, -0.15) is 0 Å². The molecule has 0 saturated heterocycles. The highest BCUT2D eigenvalue weighted by Gasteiger charge is 2.21. The summed E-state index contributed by atoms with van der Waals surface area (Å²) in [7, 11) is 3.06. The van der Waals surface area contributed by atoms with E-state index in [1.54, 1.807) is 37.4 Å². The molecule has 0 spiro atoms. The third-order valence-corrected chi connectivity index (χ3v) is 6.06. The number of ether oxygens (including phenoxy) is 2. The maximum absolute atomic E-state index is 13.2. The molecule has 180 valence electrons. The highest BCUT2D eigenvalue weighted by Crippen LogP contribution is 2.32.